The van der Waals surface area contributed by atoms with Crippen LogP contribution in [-0.2, 0) is 4.74 Å². The van der Waals surface area contributed by atoms with Crippen LogP contribution in [0.1, 0.15) is 18.5 Å². The maximum atomic E-state index is 6.23. The molecule has 0 unspecified atom stereocenters. The summed E-state index contributed by atoms with van der Waals surface area (Å²) in [5.74, 6) is 1.75. The van der Waals surface area contributed by atoms with E-state index in [0.717, 1.165) is 55.4 Å². The predicted octanol–water partition coefficient (Wildman–Crippen LogP) is 2.92. The summed E-state index contributed by atoms with van der Waals surface area (Å²) >= 11 is 6.23. The first kappa shape index (κ1) is 16.0. The Morgan fingerprint density at radius 3 is 2.87 bits per heavy atom. The summed E-state index contributed by atoms with van der Waals surface area (Å²) in [6, 6.07) is 1.72. The highest BCUT2D eigenvalue weighted by Crippen LogP contribution is 2.29. The molecule has 3 heterocycles. The Hall–Kier alpha value is -1.92. The topological polar surface area (TPSA) is 86.0 Å². The van der Waals surface area contributed by atoms with Gasteiger partial charge in [0.05, 0.1) is 22.6 Å². The Labute approximate surface area is 140 Å². The predicted molar refractivity (Wildman–Crippen MR) is 91.5 cm³/mol. The zero-order chi connectivity index (χ0) is 16.2. The summed E-state index contributed by atoms with van der Waals surface area (Å²) in [7, 11) is 0. The number of anilines is 2. The molecule has 23 heavy (non-hydrogen) atoms. The van der Waals surface area contributed by atoms with Crippen LogP contribution in [0.5, 0.6) is 0 Å². The molecule has 0 saturated carbocycles. The average Bonchev–Trinajstić information content (AvgIpc) is 2.57. The summed E-state index contributed by atoms with van der Waals surface area (Å²) in [5.41, 5.74) is 8.04. The van der Waals surface area contributed by atoms with Gasteiger partial charge < -0.3 is 15.8 Å². The van der Waals surface area contributed by atoms with E-state index in [9.17, 15) is 0 Å². The third-order valence-electron chi connectivity index (χ3n) is 4.00. The van der Waals surface area contributed by atoms with Crippen molar-refractivity contribution in [1.82, 2.24) is 15.0 Å². The SMILES string of the molecule is Cc1ncc(NCC2CCOCC2)nc1-c1cc(N)ncc1Cl. The highest BCUT2D eigenvalue weighted by Gasteiger charge is 2.15. The lowest BCUT2D eigenvalue weighted by Gasteiger charge is -2.22. The van der Waals surface area contributed by atoms with Crippen LogP contribution >= 0.6 is 11.6 Å². The van der Waals surface area contributed by atoms with Gasteiger partial charge in [-0.05, 0) is 31.7 Å². The normalized spacial score (nSPS) is 15.6. The molecule has 6 nitrogen and oxygen atoms in total. The minimum Gasteiger partial charge on any atom is -0.384 e. The number of halogens is 1. The monoisotopic (exact) mass is 333 g/mol. The van der Waals surface area contributed by atoms with Crippen LogP contribution in [-0.4, -0.2) is 34.7 Å². The van der Waals surface area contributed by atoms with Gasteiger partial charge >= 0.3 is 0 Å². The molecule has 3 N–H and O–H groups in total. The number of nitrogen functional groups attached to an aromatic ring is 1. The molecule has 1 aliphatic rings. The maximum Gasteiger partial charge on any atom is 0.145 e. The molecule has 122 valence electrons. The Morgan fingerprint density at radius 1 is 1.30 bits per heavy atom. The van der Waals surface area contributed by atoms with Gasteiger partial charge in [-0.2, -0.15) is 0 Å². The molecule has 1 fully saturated rings. The highest BCUT2D eigenvalue weighted by atomic mass is 35.5. The van der Waals surface area contributed by atoms with Crippen LogP contribution < -0.4 is 11.1 Å². The van der Waals surface area contributed by atoms with E-state index in [1.807, 2.05) is 6.92 Å². The van der Waals surface area contributed by atoms with Crippen molar-refractivity contribution in [3.05, 3.63) is 29.2 Å². The molecule has 0 radical (unpaired) electrons. The fourth-order valence-electron chi connectivity index (χ4n) is 2.63. The van der Waals surface area contributed by atoms with E-state index < -0.39 is 0 Å². The van der Waals surface area contributed by atoms with Crippen LogP contribution in [0, 0.1) is 12.8 Å². The lowest BCUT2D eigenvalue weighted by molar-refractivity contribution is 0.0699. The molecular formula is C16H20ClN5O. The molecule has 1 aliphatic heterocycles. The van der Waals surface area contributed by atoms with Gasteiger partial charge in [0.25, 0.3) is 0 Å². The lowest BCUT2D eigenvalue weighted by atomic mass is 10.0. The average molecular weight is 334 g/mol. The van der Waals surface area contributed by atoms with E-state index in [1.54, 1.807) is 12.3 Å². The molecule has 0 atom stereocenters. The Bertz CT molecular complexity index is 688. The molecule has 0 aliphatic carbocycles. The Kier molecular flexibility index (Phi) is 4.93. The van der Waals surface area contributed by atoms with Crippen molar-refractivity contribution in [2.24, 2.45) is 5.92 Å². The molecule has 0 amide bonds. The fraction of sp³-hybridized carbons (Fsp3) is 0.438. The summed E-state index contributed by atoms with van der Waals surface area (Å²) in [6.45, 7) is 4.44. The van der Waals surface area contributed by atoms with Crippen molar-refractivity contribution in [2.45, 2.75) is 19.8 Å². The van der Waals surface area contributed by atoms with Gasteiger partial charge in [-0.15, -0.1) is 0 Å². The van der Waals surface area contributed by atoms with Crippen LogP contribution in [0.2, 0.25) is 5.02 Å². The van der Waals surface area contributed by atoms with E-state index in [4.69, 9.17) is 22.1 Å². The number of pyridine rings is 1. The van der Waals surface area contributed by atoms with Crippen molar-refractivity contribution in [1.29, 1.82) is 0 Å². The molecule has 1 saturated heterocycles. The molecule has 0 aromatic carbocycles. The summed E-state index contributed by atoms with van der Waals surface area (Å²) in [5, 5.41) is 3.88. The Balaban J connectivity index is 1.80. The minimum atomic E-state index is 0.408. The molecule has 0 spiro atoms. The van der Waals surface area contributed by atoms with Crippen molar-refractivity contribution in [3.8, 4) is 11.3 Å². The van der Waals surface area contributed by atoms with E-state index in [-0.39, 0.29) is 0 Å². The minimum absolute atomic E-state index is 0.408. The van der Waals surface area contributed by atoms with Gasteiger partial charge in [-0.3, -0.25) is 4.98 Å². The summed E-state index contributed by atoms with van der Waals surface area (Å²) in [4.78, 5) is 13.1. The zero-order valence-corrected chi connectivity index (χ0v) is 13.8. The van der Waals surface area contributed by atoms with Crippen LogP contribution in [0.25, 0.3) is 11.3 Å². The van der Waals surface area contributed by atoms with Crippen molar-refractivity contribution < 1.29 is 4.74 Å². The third-order valence-corrected chi connectivity index (χ3v) is 4.30. The number of aromatic nitrogens is 3. The third kappa shape index (κ3) is 3.89. The Morgan fingerprint density at radius 2 is 2.09 bits per heavy atom. The van der Waals surface area contributed by atoms with E-state index in [1.165, 1.54) is 6.20 Å². The quantitative estimate of drug-likeness (QED) is 0.894. The van der Waals surface area contributed by atoms with Crippen molar-refractivity contribution >= 4 is 23.2 Å². The number of nitrogens with two attached hydrogens (primary N) is 1. The van der Waals surface area contributed by atoms with Gasteiger partial charge in [-0.1, -0.05) is 11.6 Å². The summed E-state index contributed by atoms with van der Waals surface area (Å²) in [6.07, 6.45) is 5.43. The van der Waals surface area contributed by atoms with Crippen LogP contribution in [0.4, 0.5) is 11.6 Å². The van der Waals surface area contributed by atoms with Crippen molar-refractivity contribution in [3.63, 3.8) is 0 Å². The molecule has 3 rings (SSSR count). The first-order valence-corrected chi connectivity index (χ1v) is 8.08. The first-order chi connectivity index (χ1) is 11.1. The maximum absolute atomic E-state index is 6.23. The van der Waals surface area contributed by atoms with Gasteiger partial charge in [0.2, 0.25) is 0 Å². The van der Waals surface area contributed by atoms with E-state index in [0.29, 0.717) is 16.8 Å². The number of hydrogen-bond acceptors (Lipinski definition) is 6. The summed E-state index contributed by atoms with van der Waals surface area (Å²) < 4.78 is 5.38. The molecule has 0 bridgehead atoms. The zero-order valence-electron chi connectivity index (χ0n) is 13.1. The highest BCUT2D eigenvalue weighted by molar-refractivity contribution is 6.33. The molecule has 2 aromatic rings. The van der Waals surface area contributed by atoms with Crippen LogP contribution in [0.3, 0.4) is 0 Å². The second kappa shape index (κ2) is 7.10. The largest absolute Gasteiger partial charge is 0.384 e. The number of nitrogens with zero attached hydrogens (tertiary/aromatic N) is 3. The molecule has 2 aromatic heterocycles. The molecular weight excluding hydrogens is 314 g/mol. The number of nitrogens with one attached hydrogen (secondary N) is 1. The smallest absolute Gasteiger partial charge is 0.145 e. The second-order valence-electron chi connectivity index (χ2n) is 5.71. The van der Waals surface area contributed by atoms with Gasteiger partial charge in [0, 0.05) is 31.5 Å². The van der Waals surface area contributed by atoms with E-state index >= 15 is 0 Å². The number of ether oxygens (including phenoxy) is 1. The van der Waals surface area contributed by atoms with Gasteiger partial charge in [0.15, 0.2) is 0 Å². The van der Waals surface area contributed by atoms with E-state index in [2.05, 4.69) is 20.3 Å². The number of hydrogen-bond donors (Lipinski definition) is 2. The number of rotatable bonds is 4. The second-order valence-corrected chi connectivity index (χ2v) is 6.12. The number of aryl methyl sites for hydroxylation is 1. The molecule has 7 heteroatoms. The van der Waals surface area contributed by atoms with Gasteiger partial charge in [-0.25, -0.2) is 9.97 Å². The lowest BCUT2D eigenvalue weighted by Crippen LogP contribution is -2.23. The van der Waals surface area contributed by atoms with Crippen LogP contribution in [0.15, 0.2) is 18.5 Å². The fourth-order valence-corrected chi connectivity index (χ4v) is 2.82. The standard InChI is InChI=1S/C16H20ClN5O/c1-10-16(12-6-14(18)20-8-13(12)17)22-15(9-19-10)21-7-11-2-4-23-5-3-11/h6,8-9,11H,2-5,7H2,1H3,(H2,18,20)(H,21,22). The van der Waals surface area contributed by atoms with Crippen molar-refractivity contribution in [2.75, 3.05) is 30.8 Å². The van der Waals surface area contributed by atoms with Gasteiger partial charge in [0.1, 0.15) is 11.6 Å². The first-order valence-electron chi connectivity index (χ1n) is 7.70.